The molecular formula is C19H25N5O2. The molecule has 1 aromatic carbocycles. The van der Waals surface area contributed by atoms with E-state index in [1.54, 1.807) is 6.07 Å². The summed E-state index contributed by atoms with van der Waals surface area (Å²) in [6.07, 6.45) is 1.42. The topological polar surface area (TPSA) is 79.4 Å². The number of carbonyl (C=O) groups excluding carboxylic acids is 1. The number of aromatic nitrogens is 2. The maximum Gasteiger partial charge on any atom is 0.270 e. The SMILES string of the molecule is Cc1cccc(CNC(=O)c2cc(NCCN3CCOCC3)ncn2)c1. The van der Waals surface area contributed by atoms with Gasteiger partial charge in [0.2, 0.25) is 0 Å². The lowest BCUT2D eigenvalue weighted by atomic mass is 10.1. The second-order valence-corrected chi connectivity index (χ2v) is 6.34. The summed E-state index contributed by atoms with van der Waals surface area (Å²) >= 11 is 0. The van der Waals surface area contributed by atoms with E-state index in [0.717, 1.165) is 45.0 Å². The van der Waals surface area contributed by atoms with E-state index in [4.69, 9.17) is 4.74 Å². The third-order valence-corrected chi connectivity index (χ3v) is 4.27. The zero-order valence-electron chi connectivity index (χ0n) is 15.1. The molecule has 138 valence electrons. The Morgan fingerprint density at radius 3 is 2.88 bits per heavy atom. The summed E-state index contributed by atoms with van der Waals surface area (Å²) in [6.45, 7) is 7.69. The van der Waals surface area contributed by atoms with Crippen LogP contribution in [0.5, 0.6) is 0 Å². The molecule has 1 saturated heterocycles. The van der Waals surface area contributed by atoms with Crippen molar-refractivity contribution in [1.29, 1.82) is 0 Å². The molecular weight excluding hydrogens is 330 g/mol. The minimum absolute atomic E-state index is 0.204. The number of carbonyl (C=O) groups is 1. The maximum atomic E-state index is 12.3. The van der Waals surface area contributed by atoms with Crippen LogP contribution in [0.3, 0.4) is 0 Å². The fraction of sp³-hybridized carbons (Fsp3) is 0.421. The Bertz CT molecular complexity index is 731. The van der Waals surface area contributed by atoms with Crippen LogP contribution in [0.1, 0.15) is 21.6 Å². The van der Waals surface area contributed by atoms with E-state index in [0.29, 0.717) is 18.1 Å². The highest BCUT2D eigenvalue weighted by molar-refractivity contribution is 5.92. The first kappa shape index (κ1) is 18.3. The van der Waals surface area contributed by atoms with Gasteiger partial charge < -0.3 is 15.4 Å². The molecule has 2 aromatic rings. The smallest absolute Gasteiger partial charge is 0.270 e. The zero-order chi connectivity index (χ0) is 18.2. The quantitative estimate of drug-likeness (QED) is 0.783. The molecule has 0 radical (unpaired) electrons. The van der Waals surface area contributed by atoms with Gasteiger partial charge >= 0.3 is 0 Å². The summed E-state index contributed by atoms with van der Waals surface area (Å²) in [4.78, 5) is 22.9. The molecule has 0 bridgehead atoms. The number of aryl methyl sites for hydroxylation is 1. The Kier molecular flexibility index (Phi) is 6.51. The fourth-order valence-electron chi connectivity index (χ4n) is 2.84. The van der Waals surface area contributed by atoms with Crippen LogP contribution in [0.25, 0.3) is 0 Å². The van der Waals surface area contributed by atoms with Crippen LogP contribution in [0, 0.1) is 6.92 Å². The molecule has 0 saturated carbocycles. The first-order chi connectivity index (χ1) is 12.7. The predicted molar refractivity (Wildman–Crippen MR) is 100 cm³/mol. The summed E-state index contributed by atoms with van der Waals surface area (Å²) in [5.74, 6) is 0.458. The van der Waals surface area contributed by atoms with Gasteiger partial charge in [-0.3, -0.25) is 9.69 Å². The molecule has 26 heavy (non-hydrogen) atoms. The van der Waals surface area contributed by atoms with E-state index in [1.807, 2.05) is 25.1 Å². The molecule has 7 nitrogen and oxygen atoms in total. The number of hydrogen-bond donors (Lipinski definition) is 2. The van der Waals surface area contributed by atoms with Gasteiger partial charge in [0.1, 0.15) is 17.8 Å². The average Bonchev–Trinajstić information content (AvgIpc) is 2.67. The number of anilines is 1. The molecule has 0 unspecified atom stereocenters. The van der Waals surface area contributed by atoms with Gasteiger partial charge in [-0.25, -0.2) is 9.97 Å². The van der Waals surface area contributed by atoms with Crippen molar-refractivity contribution in [2.24, 2.45) is 0 Å². The number of rotatable bonds is 7. The van der Waals surface area contributed by atoms with Crippen molar-refractivity contribution in [2.75, 3.05) is 44.7 Å². The first-order valence-electron chi connectivity index (χ1n) is 8.90. The minimum atomic E-state index is -0.204. The van der Waals surface area contributed by atoms with Gasteiger partial charge in [0.25, 0.3) is 5.91 Å². The third-order valence-electron chi connectivity index (χ3n) is 4.27. The van der Waals surface area contributed by atoms with Crippen LogP contribution < -0.4 is 10.6 Å². The number of nitrogens with zero attached hydrogens (tertiary/aromatic N) is 3. The predicted octanol–water partition coefficient (Wildman–Crippen LogP) is 1.46. The van der Waals surface area contributed by atoms with E-state index in [-0.39, 0.29) is 5.91 Å². The number of hydrogen-bond acceptors (Lipinski definition) is 6. The van der Waals surface area contributed by atoms with Gasteiger partial charge in [-0.05, 0) is 12.5 Å². The highest BCUT2D eigenvalue weighted by Crippen LogP contribution is 2.06. The number of nitrogens with one attached hydrogen (secondary N) is 2. The minimum Gasteiger partial charge on any atom is -0.379 e. The Balaban J connectivity index is 1.48. The van der Waals surface area contributed by atoms with Gasteiger partial charge in [0.05, 0.1) is 13.2 Å². The van der Waals surface area contributed by atoms with E-state index in [2.05, 4.69) is 31.6 Å². The van der Waals surface area contributed by atoms with Gasteiger partial charge in [0, 0.05) is 38.8 Å². The molecule has 1 aliphatic rings. The molecule has 1 amide bonds. The molecule has 7 heteroatoms. The van der Waals surface area contributed by atoms with E-state index >= 15 is 0 Å². The molecule has 0 spiro atoms. The molecule has 3 rings (SSSR count). The second kappa shape index (κ2) is 9.26. The summed E-state index contributed by atoms with van der Waals surface area (Å²) in [6, 6.07) is 9.75. The second-order valence-electron chi connectivity index (χ2n) is 6.34. The Hall–Kier alpha value is -2.51. The van der Waals surface area contributed by atoms with E-state index < -0.39 is 0 Å². The van der Waals surface area contributed by atoms with Gasteiger partial charge in [-0.15, -0.1) is 0 Å². The zero-order valence-corrected chi connectivity index (χ0v) is 15.1. The molecule has 1 aromatic heterocycles. The van der Waals surface area contributed by atoms with Crippen molar-refractivity contribution in [3.05, 3.63) is 53.5 Å². The van der Waals surface area contributed by atoms with Crippen LogP contribution in [-0.2, 0) is 11.3 Å². The average molecular weight is 355 g/mol. The molecule has 1 fully saturated rings. The van der Waals surface area contributed by atoms with Crippen molar-refractivity contribution in [3.8, 4) is 0 Å². The number of amides is 1. The van der Waals surface area contributed by atoms with Crippen LogP contribution in [-0.4, -0.2) is 60.2 Å². The van der Waals surface area contributed by atoms with Crippen molar-refractivity contribution in [1.82, 2.24) is 20.2 Å². The molecule has 0 aliphatic carbocycles. The van der Waals surface area contributed by atoms with Crippen molar-refractivity contribution >= 4 is 11.7 Å². The monoisotopic (exact) mass is 355 g/mol. The molecule has 2 heterocycles. The summed E-state index contributed by atoms with van der Waals surface area (Å²) < 4.78 is 5.34. The third kappa shape index (κ3) is 5.50. The van der Waals surface area contributed by atoms with Gasteiger partial charge in [-0.2, -0.15) is 0 Å². The van der Waals surface area contributed by atoms with Crippen LogP contribution in [0.2, 0.25) is 0 Å². The largest absolute Gasteiger partial charge is 0.379 e. The molecule has 1 aliphatic heterocycles. The van der Waals surface area contributed by atoms with Gasteiger partial charge in [-0.1, -0.05) is 29.8 Å². The highest BCUT2D eigenvalue weighted by Gasteiger charge is 2.11. The lowest BCUT2D eigenvalue weighted by molar-refractivity contribution is 0.0398. The standard InChI is InChI=1S/C19H25N5O2/c1-15-3-2-4-16(11-15)13-21-19(25)17-12-18(23-14-22-17)20-5-6-24-7-9-26-10-8-24/h2-4,11-12,14H,5-10,13H2,1H3,(H,21,25)(H,20,22,23). The summed E-state index contributed by atoms with van der Waals surface area (Å²) in [7, 11) is 0. The Morgan fingerprint density at radius 2 is 2.08 bits per heavy atom. The highest BCUT2D eigenvalue weighted by atomic mass is 16.5. The fourth-order valence-corrected chi connectivity index (χ4v) is 2.84. The summed E-state index contributed by atoms with van der Waals surface area (Å²) in [5.41, 5.74) is 2.60. The van der Waals surface area contributed by atoms with E-state index in [1.165, 1.54) is 11.9 Å². The normalized spacial score (nSPS) is 14.8. The molecule has 0 atom stereocenters. The van der Waals surface area contributed by atoms with Crippen molar-refractivity contribution in [3.63, 3.8) is 0 Å². The number of ether oxygens (including phenoxy) is 1. The van der Waals surface area contributed by atoms with Gasteiger partial charge in [0.15, 0.2) is 0 Å². The Morgan fingerprint density at radius 1 is 1.23 bits per heavy atom. The van der Waals surface area contributed by atoms with Crippen molar-refractivity contribution < 1.29 is 9.53 Å². The molecule has 2 N–H and O–H groups in total. The number of morpholine rings is 1. The van der Waals surface area contributed by atoms with E-state index in [9.17, 15) is 4.79 Å². The lowest BCUT2D eigenvalue weighted by Crippen LogP contribution is -2.39. The van der Waals surface area contributed by atoms with Crippen molar-refractivity contribution in [2.45, 2.75) is 13.5 Å². The maximum absolute atomic E-state index is 12.3. The Labute approximate surface area is 153 Å². The van der Waals surface area contributed by atoms with Crippen LogP contribution >= 0.6 is 0 Å². The number of benzene rings is 1. The van der Waals surface area contributed by atoms with Crippen LogP contribution in [0.4, 0.5) is 5.82 Å². The lowest BCUT2D eigenvalue weighted by Gasteiger charge is -2.26. The summed E-state index contributed by atoms with van der Waals surface area (Å²) in [5, 5.41) is 6.15. The first-order valence-corrected chi connectivity index (χ1v) is 8.90. The van der Waals surface area contributed by atoms with Crippen LogP contribution in [0.15, 0.2) is 36.7 Å².